The lowest BCUT2D eigenvalue weighted by molar-refractivity contribution is -0.116. The van der Waals surface area contributed by atoms with Crippen LogP contribution in [0, 0.1) is 13.8 Å². The molecule has 0 saturated carbocycles. The van der Waals surface area contributed by atoms with Gasteiger partial charge in [0, 0.05) is 12.1 Å². The van der Waals surface area contributed by atoms with Gasteiger partial charge in [0.15, 0.2) is 0 Å². The highest BCUT2D eigenvalue weighted by Gasteiger charge is 2.14. The molecule has 140 valence electrons. The second-order valence-corrected chi connectivity index (χ2v) is 7.11. The molecule has 4 rings (SSSR count). The summed E-state index contributed by atoms with van der Waals surface area (Å²) in [5, 5.41) is 3.02. The summed E-state index contributed by atoms with van der Waals surface area (Å²) >= 11 is 0. The van der Waals surface area contributed by atoms with E-state index in [1.807, 2.05) is 72.2 Å². The number of amides is 1. The molecule has 0 bridgehead atoms. The fourth-order valence-electron chi connectivity index (χ4n) is 3.38. The SMILES string of the molecule is Cc1ccc(NC(=O)Cn2c(Cc3ccccc3)nc3ccccc32)cc1C. The summed E-state index contributed by atoms with van der Waals surface area (Å²) in [6.07, 6.45) is 0.687. The number of aryl methyl sites for hydroxylation is 2. The molecular formula is C24H23N3O. The molecule has 0 radical (unpaired) electrons. The van der Waals surface area contributed by atoms with Gasteiger partial charge in [0.2, 0.25) is 5.91 Å². The fraction of sp³-hybridized carbons (Fsp3) is 0.167. The van der Waals surface area contributed by atoms with E-state index in [-0.39, 0.29) is 12.5 Å². The van der Waals surface area contributed by atoms with E-state index in [9.17, 15) is 4.79 Å². The van der Waals surface area contributed by atoms with Crippen LogP contribution in [-0.4, -0.2) is 15.5 Å². The van der Waals surface area contributed by atoms with Gasteiger partial charge in [-0.2, -0.15) is 0 Å². The average molecular weight is 369 g/mol. The smallest absolute Gasteiger partial charge is 0.244 e. The van der Waals surface area contributed by atoms with Gasteiger partial charge < -0.3 is 9.88 Å². The fourth-order valence-corrected chi connectivity index (χ4v) is 3.38. The minimum atomic E-state index is -0.0549. The van der Waals surface area contributed by atoms with E-state index in [2.05, 4.69) is 24.4 Å². The highest BCUT2D eigenvalue weighted by molar-refractivity contribution is 5.92. The molecule has 28 heavy (non-hydrogen) atoms. The zero-order valence-electron chi connectivity index (χ0n) is 16.1. The van der Waals surface area contributed by atoms with Crippen LogP contribution in [0.15, 0.2) is 72.8 Å². The number of anilines is 1. The van der Waals surface area contributed by atoms with Crippen molar-refractivity contribution in [3.8, 4) is 0 Å². The third-order valence-corrected chi connectivity index (χ3v) is 5.03. The van der Waals surface area contributed by atoms with Gasteiger partial charge in [-0.1, -0.05) is 48.5 Å². The predicted octanol–water partition coefficient (Wildman–Crippen LogP) is 4.88. The number of hydrogen-bond donors (Lipinski definition) is 1. The van der Waals surface area contributed by atoms with Crippen molar-refractivity contribution in [2.24, 2.45) is 0 Å². The summed E-state index contributed by atoms with van der Waals surface area (Å²) in [4.78, 5) is 17.5. The van der Waals surface area contributed by atoms with Crippen LogP contribution in [0.2, 0.25) is 0 Å². The van der Waals surface area contributed by atoms with Crippen LogP contribution in [0.25, 0.3) is 11.0 Å². The highest BCUT2D eigenvalue weighted by Crippen LogP contribution is 2.19. The molecule has 3 aromatic carbocycles. The van der Waals surface area contributed by atoms with Crippen molar-refractivity contribution in [2.75, 3.05) is 5.32 Å². The quantitative estimate of drug-likeness (QED) is 0.545. The second kappa shape index (κ2) is 7.69. The van der Waals surface area contributed by atoms with E-state index in [1.165, 1.54) is 11.1 Å². The maximum atomic E-state index is 12.8. The second-order valence-electron chi connectivity index (χ2n) is 7.11. The first-order valence-electron chi connectivity index (χ1n) is 9.45. The van der Waals surface area contributed by atoms with Gasteiger partial charge in [0.25, 0.3) is 0 Å². The lowest BCUT2D eigenvalue weighted by atomic mass is 10.1. The van der Waals surface area contributed by atoms with Gasteiger partial charge in [0.1, 0.15) is 12.4 Å². The van der Waals surface area contributed by atoms with Crippen LogP contribution in [0.4, 0.5) is 5.69 Å². The lowest BCUT2D eigenvalue weighted by Crippen LogP contribution is -2.20. The molecule has 1 amide bonds. The van der Waals surface area contributed by atoms with Crippen LogP contribution < -0.4 is 5.32 Å². The van der Waals surface area contributed by atoms with Crippen LogP contribution >= 0.6 is 0 Å². The number of hydrogen-bond acceptors (Lipinski definition) is 2. The largest absolute Gasteiger partial charge is 0.325 e. The number of para-hydroxylation sites is 2. The van der Waals surface area contributed by atoms with Crippen molar-refractivity contribution in [2.45, 2.75) is 26.8 Å². The molecule has 1 N–H and O–H groups in total. The Morgan fingerprint density at radius 3 is 2.46 bits per heavy atom. The van der Waals surface area contributed by atoms with Crippen molar-refractivity contribution < 1.29 is 4.79 Å². The first-order valence-corrected chi connectivity index (χ1v) is 9.45. The molecule has 0 aliphatic heterocycles. The average Bonchev–Trinajstić information content (AvgIpc) is 3.03. The minimum absolute atomic E-state index is 0.0549. The summed E-state index contributed by atoms with van der Waals surface area (Å²) < 4.78 is 2.01. The van der Waals surface area contributed by atoms with Crippen molar-refractivity contribution in [1.29, 1.82) is 0 Å². The number of fused-ring (bicyclic) bond motifs is 1. The van der Waals surface area contributed by atoms with Gasteiger partial charge in [-0.15, -0.1) is 0 Å². The van der Waals surface area contributed by atoms with Gasteiger partial charge in [0.05, 0.1) is 11.0 Å². The molecule has 0 unspecified atom stereocenters. The van der Waals surface area contributed by atoms with E-state index in [0.717, 1.165) is 28.1 Å². The molecule has 1 aromatic heterocycles. The van der Waals surface area contributed by atoms with Crippen molar-refractivity contribution >= 4 is 22.6 Å². The number of benzene rings is 3. The predicted molar refractivity (Wildman–Crippen MR) is 114 cm³/mol. The topological polar surface area (TPSA) is 46.9 Å². The standard InChI is InChI=1S/C24H23N3O/c1-17-12-13-20(14-18(17)2)25-24(28)16-27-22-11-7-6-10-21(22)26-23(27)15-19-8-4-3-5-9-19/h3-14H,15-16H2,1-2H3,(H,25,28). The molecular weight excluding hydrogens is 346 g/mol. The summed E-state index contributed by atoms with van der Waals surface area (Å²) in [6.45, 7) is 4.34. The monoisotopic (exact) mass is 369 g/mol. The van der Waals surface area contributed by atoms with Crippen molar-refractivity contribution in [3.63, 3.8) is 0 Å². The summed E-state index contributed by atoms with van der Waals surface area (Å²) in [5.74, 6) is 0.836. The normalized spacial score (nSPS) is 10.9. The van der Waals surface area contributed by atoms with Crippen LogP contribution in [-0.2, 0) is 17.8 Å². The number of carbonyl (C=O) groups is 1. The van der Waals surface area contributed by atoms with Crippen molar-refractivity contribution in [1.82, 2.24) is 9.55 Å². The van der Waals surface area contributed by atoms with Gasteiger partial charge in [-0.05, 0) is 54.8 Å². The Balaban J connectivity index is 1.62. The Labute approximate surface area is 164 Å². The van der Waals surface area contributed by atoms with Gasteiger partial charge >= 0.3 is 0 Å². The van der Waals surface area contributed by atoms with Crippen LogP contribution in [0.1, 0.15) is 22.5 Å². The number of rotatable bonds is 5. The van der Waals surface area contributed by atoms with E-state index in [1.54, 1.807) is 0 Å². The zero-order valence-corrected chi connectivity index (χ0v) is 16.1. The van der Waals surface area contributed by atoms with Crippen LogP contribution in [0.3, 0.4) is 0 Å². The number of nitrogens with one attached hydrogen (secondary N) is 1. The minimum Gasteiger partial charge on any atom is -0.325 e. The molecule has 4 aromatic rings. The summed E-state index contributed by atoms with van der Waals surface area (Å²) in [6, 6.07) is 24.1. The Kier molecular flexibility index (Phi) is 4.94. The molecule has 0 spiro atoms. The van der Waals surface area contributed by atoms with E-state index >= 15 is 0 Å². The van der Waals surface area contributed by atoms with Gasteiger partial charge in [-0.25, -0.2) is 4.98 Å². The van der Waals surface area contributed by atoms with E-state index in [4.69, 9.17) is 4.98 Å². The van der Waals surface area contributed by atoms with Crippen molar-refractivity contribution in [3.05, 3.63) is 95.3 Å². The number of nitrogens with zero attached hydrogens (tertiary/aromatic N) is 2. The van der Waals surface area contributed by atoms with Crippen LogP contribution in [0.5, 0.6) is 0 Å². The first kappa shape index (κ1) is 18.0. The first-order chi connectivity index (χ1) is 13.6. The molecule has 0 aliphatic carbocycles. The zero-order chi connectivity index (χ0) is 19.5. The molecule has 1 heterocycles. The number of aromatic nitrogens is 2. The Hall–Kier alpha value is -3.40. The van der Waals surface area contributed by atoms with Gasteiger partial charge in [-0.3, -0.25) is 4.79 Å². The molecule has 4 heteroatoms. The molecule has 0 saturated heterocycles. The van der Waals surface area contributed by atoms with E-state index in [0.29, 0.717) is 6.42 Å². The maximum absolute atomic E-state index is 12.8. The Morgan fingerprint density at radius 1 is 0.929 bits per heavy atom. The molecule has 4 nitrogen and oxygen atoms in total. The lowest BCUT2D eigenvalue weighted by Gasteiger charge is -2.11. The Bertz CT molecular complexity index is 1130. The number of imidazole rings is 1. The number of carbonyl (C=O) groups excluding carboxylic acids is 1. The summed E-state index contributed by atoms with van der Waals surface area (Å²) in [7, 11) is 0. The summed E-state index contributed by atoms with van der Waals surface area (Å²) in [5.41, 5.74) is 6.26. The Morgan fingerprint density at radius 2 is 1.68 bits per heavy atom. The molecule has 0 aliphatic rings. The molecule has 0 atom stereocenters. The third-order valence-electron chi connectivity index (χ3n) is 5.03. The molecule has 0 fully saturated rings. The van der Waals surface area contributed by atoms with E-state index < -0.39 is 0 Å². The third kappa shape index (κ3) is 3.81. The highest BCUT2D eigenvalue weighted by atomic mass is 16.1. The maximum Gasteiger partial charge on any atom is 0.244 e.